The predicted octanol–water partition coefficient (Wildman–Crippen LogP) is 5.02. The second-order valence-corrected chi connectivity index (χ2v) is 8.15. The molecule has 1 heterocycles. The fourth-order valence-corrected chi connectivity index (χ4v) is 5.10. The quantitative estimate of drug-likeness (QED) is 0.670. The van der Waals surface area contributed by atoms with Gasteiger partial charge in [-0.25, -0.2) is 4.79 Å². The van der Waals surface area contributed by atoms with Crippen LogP contribution in [0.15, 0.2) is 72.8 Å². The smallest absolute Gasteiger partial charge is 0.369 e. The molecule has 1 spiro atoms. The summed E-state index contributed by atoms with van der Waals surface area (Å²) in [7, 11) is 0. The van der Waals surface area contributed by atoms with E-state index in [0.29, 0.717) is 12.0 Å². The molecule has 1 aliphatic carbocycles. The number of carbonyl (C=O) groups is 1. The van der Waals surface area contributed by atoms with Crippen molar-refractivity contribution in [1.82, 2.24) is 0 Å². The van der Waals surface area contributed by atoms with E-state index < -0.39 is 17.2 Å². The number of hydrogen-bond acceptors (Lipinski definition) is 3. The molecular weight excluding hydrogens is 376 g/mol. The lowest BCUT2D eigenvalue weighted by Crippen LogP contribution is -2.58. The highest BCUT2D eigenvalue weighted by molar-refractivity contribution is 5.82. The normalized spacial score (nSPS) is 23.7. The number of benzene rings is 3. The molecule has 0 saturated carbocycles. The number of aryl methyl sites for hydroxylation is 1. The molecular formula is C26H24O4. The fraction of sp³-hybridized carbons (Fsp3) is 0.269. The van der Waals surface area contributed by atoms with Crippen LogP contribution < -0.4 is 0 Å². The van der Waals surface area contributed by atoms with Crippen LogP contribution in [0, 0.1) is 6.92 Å². The third kappa shape index (κ3) is 2.44. The summed E-state index contributed by atoms with van der Waals surface area (Å²) in [5.41, 5.74) is 5.63. The van der Waals surface area contributed by atoms with E-state index in [1.807, 2.05) is 50.2 Å². The van der Waals surface area contributed by atoms with E-state index in [-0.39, 0.29) is 12.7 Å². The van der Waals surface area contributed by atoms with Crippen LogP contribution in [0.4, 0.5) is 0 Å². The second kappa shape index (κ2) is 6.79. The first-order valence-corrected chi connectivity index (χ1v) is 10.3. The maximum absolute atomic E-state index is 12.5. The van der Waals surface area contributed by atoms with Crippen LogP contribution >= 0.6 is 0 Å². The SMILES string of the molecule is CCC1OC(C(=O)O)(c2ccc(C)cc2)OCC12c1ccccc1-c1ccccc12. The lowest BCUT2D eigenvalue weighted by molar-refractivity contribution is -0.312. The summed E-state index contributed by atoms with van der Waals surface area (Å²) in [5.74, 6) is -2.94. The van der Waals surface area contributed by atoms with Crippen LogP contribution in [-0.4, -0.2) is 23.8 Å². The van der Waals surface area contributed by atoms with Crippen LogP contribution in [0.2, 0.25) is 0 Å². The number of aliphatic carboxylic acids is 1. The maximum Gasteiger partial charge on any atom is 0.369 e. The van der Waals surface area contributed by atoms with E-state index in [0.717, 1.165) is 27.8 Å². The van der Waals surface area contributed by atoms with Crippen molar-refractivity contribution in [2.75, 3.05) is 6.61 Å². The van der Waals surface area contributed by atoms with Gasteiger partial charge in [0.15, 0.2) is 0 Å². The zero-order valence-electron chi connectivity index (χ0n) is 17.1. The Morgan fingerprint density at radius 1 is 0.967 bits per heavy atom. The molecule has 3 aromatic carbocycles. The number of hydrogen-bond donors (Lipinski definition) is 1. The van der Waals surface area contributed by atoms with Crippen LogP contribution in [-0.2, 0) is 25.5 Å². The average Bonchev–Trinajstić information content (AvgIpc) is 3.06. The lowest BCUT2D eigenvalue weighted by Gasteiger charge is -2.49. The van der Waals surface area contributed by atoms with Crippen molar-refractivity contribution < 1.29 is 19.4 Å². The summed E-state index contributed by atoms with van der Waals surface area (Å²) in [6.45, 7) is 4.25. The van der Waals surface area contributed by atoms with Gasteiger partial charge in [-0.05, 0) is 35.6 Å². The Hall–Kier alpha value is -2.95. The Balaban J connectivity index is 1.67. The summed E-state index contributed by atoms with van der Waals surface area (Å²) < 4.78 is 12.7. The second-order valence-electron chi connectivity index (χ2n) is 8.15. The number of ether oxygens (including phenoxy) is 2. The molecule has 2 atom stereocenters. The molecule has 5 rings (SSSR count). The highest BCUT2D eigenvalue weighted by Crippen LogP contribution is 2.56. The minimum atomic E-state index is -1.81. The summed E-state index contributed by atoms with van der Waals surface area (Å²) >= 11 is 0. The first kappa shape index (κ1) is 19.0. The molecule has 3 aromatic rings. The van der Waals surface area contributed by atoms with Crippen molar-refractivity contribution >= 4 is 5.97 Å². The molecule has 2 unspecified atom stereocenters. The third-order valence-electron chi connectivity index (χ3n) is 6.55. The number of rotatable bonds is 3. The highest BCUT2D eigenvalue weighted by atomic mass is 16.7. The summed E-state index contributed by atoms with van der Waals surface area (Å²) in [4.78, 5) is 12.5. The van der Waals surface area contributed by atoms with Gasteiger partial charge in [-0.2, -0.15) is 0 Å². The lowest BCUT2D eigenvalue weighted by atomic mass is 9.72. The molecule has 1 N–H and O–H groups in total. The molecule has 0 aromatic heterocycles. The van der Waals surface area contributed by atoms with Crippen molar-refractivity contribution in [3.8, 4) is 11.1 Å². The van der Waals surface area contributed by atoms with Gasteiger partial charge in [-0.3, -0.25) is 0 Å². The molecule has 0 bridgehead atoms. The fourth-order valence-electron chi connectivity index (χ4n) is 5.10. The monoisotopic (exact) mass is 400 g/mol. The van der Waals surface area contributed by atoms with Crippen molar-refractivity contribution in [2.24, 2.45) is 0 Å². The first-order valence-electron chi connectivity index (χ1n) is 10.3. The van der Waals surface area contributed by atoms with Crippen LogP contribution in [0.1, 0.15) is 35.6 Å². The van der Waals surface area contributed by atoms with E-state index in [2.05, 4.69) is 24.3 Å². The zero-order chi connectivity index (χ0) is 20.9. The van der Waals surface area contributed by atoms with E-state index >= 15 is 0 Å². The van der Waals surface area contributed by atoms with Gasteiger partial charge in [0.05, 0.1) is 18.1 Å². The van der Waals surface area contributed by atoms with Gasteiger partial charge in [-0.15, -0.1) is 0 Å². The molecule has 152 valence electrons. The molecule has 2 aliphatic rings. The van der Waals surface area contributed by atoms with Crippen molar-refractivity contribution in [3.05, 3.63) is 95.1 Å². The van der Waals surface area contributed by atoms with Crippen molar-refractivity contribution in [2.45, 2.75) is 37.6 Å². The predicted molar refractivity (Wildman–Crippen MR) is 114 cm³/mol. The van der Waals surface area contributed by atoms with Gasteiger partial charge in [0, 0.05) is 5.56 Å². The van der Waals surface area contributed by atoms with Gasteiger partial charge in [0.2, 0.25) is 0 Å². The maximum atomic E-state index is 12.5. The Kier molecular flexibility index (Phi) is 4.31. The van der Waals surface area contributed by atoms with Crippen molar-refractivity contribution in [3.63, 3.8) is 0 Å². The van der Waals surface area contributed by atoms with Gasteiger partial charge in [0.25, 0.3) is 5.79 Å². The van der Waals surface area contributed by atoms with Crippen LogP contribution in [0.5, 0.6) is 0 Å². The molecule has 1 fully saturated rings. The Morgan fingerprint density at radius 3 is 2.07 bits per heavy atom. The van der Waals surface area contributed by atoms with Crippen LogP contribution in [0.25, 0.3) is 11.1 Å². The molecule has 0 amide bonds. The summed E-state index contributed by atoms with van der Waals surface area (Å²) in [6.07, 6.45) is 0.306. The number of fused-ring (bicyclic) bond motifs is 5. The van der Waals surface area contributed by atoms with Gasteiger partial charge in [0.1, 0.15) is 0 Å². The molecule has 1 saturated heterocycles. The summed E-state index contributed by atoms with van der Waals surface area (Å²) in [6, 6.07) is 23.9. The molecule has 30 heavy (non-hydrogen) atoms. The Bertz CT molecular complexity index is 1070. The van der Waals surface area contributed by atoms with Gasteiger partial charge >= 0.3 is 5.97 Å². The van der Waals surface area contributed by atoms with Gasteiger partial charge in [-0.1, -0.05) is 85.3 Å². The number of carboxylic acids is 1. The minimum Gasteiger partial charge on any atom is -0.477 e. The van der Waals surface area contributed by atoms with E-state index in [9.17, 15) is 9.90 Å². The molecule has 1 aliphatic heterocycles. The third-order valence-corrected chi connectivity index (χ3v) is 6.55. The summed E-state index contributed by atoms with van der Waals surface area (Å²) in [5, 5.41) is 10.2. The molecule has 0 radical (unpaired) electrons. The number of carboxylic acid groups (broad SMARTS) is 1. The molecule has 4 heteroatoms. The Labute approximate surface area is 176 Å². The largest absolute Gasteiger partial charge is 0.477 e. The van der Waals surface area contributed by atoms with E-state index in [1.54, 1.807) is 12.1 Å². The highest BCUT2D eigenvalue weighted by Gasteiger charge is 2.59. The average molecular weight is 400 g/mol. The first-order chi connectivity index (χ1) is 14.5. The van der Waals surface area contributed by atoms with Gasteiger partial charge < -0.3 is 14.6 Å². The van der Waals surface area contributed by atoms with Crippen LogP contribution in [0.3, 0.4) is 0 Å². The topological polar surface area (TPSA) is 55.8 Å². The zero-order valence-corrected chi connectivity index (χ0v) is 17.1. The minimum absolute atomic E-state index is 0.236. The van der Waals surface area contributed by atoms with Crippen molar-refractivity contribution in [1.29, 1.82) is 0 Å². The van der Waals surface area contributed by atoms with E-state index in [4.69, 9.17) is 9.47 Å². The Morgan fingerprint density at radius 2 is 1.53 bits per heavy atom. The molecule has 4 nitrogen and oxygen atoms in total. The standard InChI is InChI=1S/C26H24O4/c1-3-23-25(21-10-6-4-8-19(21)20-9-5-7-11-22(20)25)16-29-26(30-23,24(27)28)18-14-12-17(2)13-15-18/h4-15,23H,3,16H2,1-2H3,(H,27,28). The van der Waals surface area contributed by atoms with E-state index in [1.165, 1.54) is 0 Å².